The number of benzene rings is 1. The van der Waals surface area contributed by atoms with E-state index >= 15 is 0 Å². The molecule has 1 aromatic rings. The van der Waals surface area contributed by atoms with E-state index in [9.17, 15) is 9.18 Å². The molecule has 0 aliphatic carbocycles. The Bertz CT molecular complexity index is 449. The molecule has 0 aromatic heterocycles. The lowest BCUT2D eigenvalue weighted by atomic mass is 9.92. The smallest absolute Gasteiger partial charge is 0.317 e. The molecule has 2 atom stereocenters. The molecule has 0 saturated carbocycles. The van der Waals surface area contributed by atoms with Gasteiger partial charge in [-0.15, -0.1) is 0 Å². The predicted octanol–water partition coefficient (Wildman–Crippen LogP) is 1.93. The molecule has 0 unspecified atom stereocenters. The number of nitrogens with zero attached hydrogens (tertiary/aromatic N) is 1. The van der Waals surface area contributed by atoms with Crippen LogP contribution in [0, 0.1) is 5.82 Å². The zero-order valence-electron chi connectivity index (χ0n) is 11.6. The van der Waals surface area contributed by atoms with Crippen LogP contribution in [-0.2, 0) is 16.0 Å². The molecular weight excluding hydrogens is 261 g/mol. The summed E-state index contributed by atoms with van der Waals surface area (Å²) >= 11 is 0. The van der Waals surface area contributed by atoms with Crippen molar-refractivity contribution < 1.29 is 19.0 Å². The van der Waals surface area contributed by atoms with Crippen molar-refractivity contribution in [3.63, 3.8) is 0 Å². The van der Waals surface area contributed by atoms with Crippen LogP contribution < -0.4 is 0 Å². The summed E-state index contributed by atoms with van der Waals surface area (Å²) in [4.78, 5) is 12.9. The normalized spacial score (nSPS) is 23.7. The molecule has 1 aliphatic rings. The van der Waals surface area contributed by atoms with E-state index in [0.717, 1.165) is 24.9 Å². The number of hydrogen-bond donors (Lipinski definition) is 1. The molecule has 1 aromatic carbocycles. The van der Waals surface area contributed by atoms with Crippen molar-refractivity contribution in [2.45, 2.75) is 31.4 Å². The maximum atomic E-state index is 12.9. The summed E-state index contributed by atoms with van der Waals surface area (Å²) < 4.78 is 18.4. The molecule has 20 heavy (non-hydrogen) atoms. The standard InChI is InChI=1S/C15H20FNO3/c1-20-14-3-2-8-17(10-15(18)19)13(14)9-11-4-6-12(16)7-5-11/h4-7,13-14H,2-3,8-10H2,1H3,(H,18,19)/t13-,14-/m0/s1. The molecule has 0 amide bonds. The molecule has 0 spiro atoms. The molecule has 1 fully saturated rings. The third kappa shape index (κ3) is 3.77. The van der Waals surface area contributed by atoms with E-state index in [2.05, 4.69) is 0 Å². The third-order valence-corrected chi connectivity index (χ3v) is 3.83. The van der Waals surface area contributed by atoms with E-state index in [1.54, 1.807) is 19.2 Å². The number of aliphatic carboxylic acids is 1. The Morgan fingerprint density at radius 2 is 2.15 bits per heavy atom. The highest BCUT2D eigenvalue weighted by Gasteiger charge is 2.32. The Morgan fingerprint density at radius 3 is 2.75 bits per heavy atom. The summed E-state index contributed by atoms with van der Waals surface area (Å²) in [5, 5.41) is 9.01. The topological polar surface area (TPSA) is 49.8 Å². The molecular formula is C15H20FNO3. The molecule has 1 N–H and O–H groups in total. The molecule has 1 saturated heterocycles. The van der Waals surface area contributed by atoms with Crippen LogP contribution in [0.2, 0.25) is 0 Å². The van der Waals surface area contributed by atoms with E-state index in [4.69, 9.17) is 9.84 Å². The Labute approximate surface area is 118 Å². The van der Waals surface area contributed by atoms with Gasteiger partial charge in [0, 0.05) is 13.2 Å². The highest BCUT2D eigenvalue weighted by Crippen LogP contribution is 2.23. The van der Waals surface area contributed by atoms with Crippen LogP contribution in [-0.4, -0.2) is 48.3 Å². The molecule has 110 valence electrons. The van der Waals surface area contributed by atoms with Gasteiger partial charge in [0.15, 0.2) is 0 Å². The molecule has 0 bridgehead atoms. The van der Waals surface area contributed by atoms with Crippen LogP contribution in [0.1, 0.15) is 18.4 Å². The van der Waals surface area contributed by atoms with E-state index < -0.39 is 5.97 Å². The van der Waals surface area contributed by atoms with Gasteiger partial charge in [0.2, 0.25) is 0 Å². The van der Waals surface area contributed by atoms with Crippen molar-refractivity contribution in [1.82, 2.24) is 4.90 Å². The van der Waals surface area contributed by atoms with Crippen molar-refractivity contribution in [3.05, 3.63) is 35.6 Å². The lowest BCUT2D eigenvalue weighted by molar-refractivity contribution is -0.140. The van der Waals surface area contributed by atoms with Gasteiger partial charge in [-0.3, -0.25) is 9.69 Å². The number of piperidine rings is 1. The Balaban J connectivity index is 2.12. The summed E-state index contributed by atoms with van der Waals surface area (Å²) in [6.45, 7) is 0.781. The molecule has 1 heterocycles. The SMILES string of the molecule is CO[C@H]1CCCN(CC(=O)O)[C@H]1Cc1ccc(F)cc1. The number of rotatable bonds is 5. The fourth-order valence-electron chi connectivity index (χ4n) is 2.86. The van der Waals surface area contributed by atoms with Crippen LogP contribution in [0.5, 0.6) is 0 Å². The van der Waals surface area contributed by atoms with Crippen molar-refractivity contribution in [3.8, 4) is 0 Å². The number of likely N-dealkylation sites (tertiary alicyclic amines) is 1. The molecule has 4 nitrogen and oxygen atoms in total. The first kappa shape index (κ1) is 14.9. The highest BCUT2D eigenvalue weighted by atomic mass is 19.1. The average molecular weight is 281 g/mol. The second kappa shape index (κ2) is 6.81. The monoisotopic (exact) mass is 281 g/mol. The third-order valence-electron chi connectivity index (χ3n) is 3.83. The number of ether oxygens (including phenoxy) is 1. The number of methoxy groups -OCH3 is 1. The van der Waals surface area contributed by atoms with Gasteiger partial charge >= 0.3 is 5.97 Å². The van der Waals surface area contributed by atoms with Crippen LogP contribution in [0.25, 0.3) is 0 Å². The number of carboxylic acid groups (broad SMARTS) is 1. The van der Waals surface area contributed by atoms with Crippen LogP contribution in [0.3, 0.4) is 0 Å². The zero-order valence-corrected chi connectivity index (χ0v) is 11.6. The molecule has 0 radical (unpaired) electrons. The minimum atomic E-state index is -0.828. The van der Waals surface area contributed by atoms with Gasteiger partial charge < -0.3 is 9.84 Å². The van der Waals surface area contributed by atoms with Gasteiger partial charge in [-0.05, 0) is 43.5 Å². The Kier molecular flexibility index (Phi) is 5.09. The van der Waals surface area contributed by atoms with Gasteiger partial charge in [-0.2, -0.15) is 0 Å². The van der Waals surface area contributed by atoms with Crippen molar-refractivity contribution in [2.24, 2.45) is 0 Å². The first-order valence-corrected chi connectivity index (χ1v) is 6.83. The second-order valence-electron chi connectivity index (χ2n) is 5.18. The average Bonchev–Trinajstić information content (AvgIpc) is 2.42. The van der Waals surface area contributed by atoms with Crippen LogP contribution in [0.4, 0.5) is 4.39 Å². The van der Waals surface area contributed by atoms with Crippen LogP contribution >= 0.6 is 0 Å². The first-order valence-electron chi connectivity index (χ1n) is 6.83. The fraction of sp³-hybridized carbons (Fsp3) is 0.533. The van der Waals surface area contributed by atoms with E-state index in [-0.39, 0.29) is 24.5 Å². The zero-order chi connectivity index (χ0) is 14.5. The Morgan fingerprint density at radius 1 is 1.45 bits per heavy atom. The van der Waals surface area contributed by atoms with E-state index in [1.807, 2.05) is 4.90 Å². The number of hydrogen-bond acceptors (Lipinski definition) is 3. The summed E-state index contributed by atoms with van der Waals surface area (Å²) in [7, 11) is 1.66. The Hall–Kier alpha value is -1.46. The number of carbonyl (C=O) groups is 1. The summed E-state index contributed by atoms with van der Waals surface area (Å²) in [6, 6.07) is 6.38. The molecule has 2 rings (SSSR count). The predicted molar refractivity (Wildman–Crippen MR) is 73.1 cm³/mol. The van der Waals surface area contributed by atoms with Gasteiger partial charge in [0.05, 0.1) is 12.6 Å². The number of halogens is 1. The van der Waals surface area contributed by atoms with Crippen LogP contribution in [0.15, 0.2) is 24.3 Å². The molecule has 5 heteroatoms. The van der Waals surface area contributed by atoms with Gasteiger partial charge in [0.25, 0.3) is 0 Å². The first-order chi connectivity index (χ1) is 9.60. The maximum absolute atomic E-state index is 12.9. The van der Waals surface area contributed by atoms with Crippen molar-refractivity contribution in [2.75, 3.05) is 20.2 Å². The van der Waals surface area contributed by atoms with Gasteiger partial charge in [-0.1, -0.05) is 12.1 Å². The van der Waals surface area contributed by atoms with E-state index in [1.165, 1.54) is 12.1 Å². The van der Waals surface area contributed by atoms with Gasteiger partial charge in [-0.25, -0.2) is 4.39 Å². The van der Waals surface area contributed by atoms with E-state index in [0.29, 0.717) is 6.42 Å². The largest absolute Gasteiger partial charge is 0.480 e. The number of carboxylic acids is 1. The van der Waals surface area contributed by atoms with Gasteiger partial charge in [0.1, 0.15) is 5.82 Å². The minimum Gasteiger partial charge on any atom is -0.480 e. The fourth-order valence-corrected chi connectivity index (χ4v) is 2.86. The lowest BCUT2D eigenvalue weighted by Gasteiger charge is -2.40. The van der Waals surface area contributed by atoms with Crippen molar-refractivity contribution >= 4 is 5.97 Å². The quantitative estimate of drug-likeness (QED) is 0.896. The second-order valence-corrected chi connectivity index (χ2v) is 5.18. The minimum absolute atomic E-state index is 0.0196. The highest BCUT2D eigenvalue weighted by molar-refractivity contribution is 5.69. The summed E-state index contributed by atoms with van der Waals surface area (Å²) in [5.74, 6) is -1.09. The maximum Gasteiger partial charge on any atom is 0.317 e. The summed E-state index contributed by atoms with van der Waals surface area (Å²) in [5.41, 5.74) is 0.996. The lowest BCUT2D eigenvalue weighted by Crippen LogP contribution is -2.51. The summed E-state index contributed by atoms with van der Waals surface area (Å²) in [6.07, 6.45) is 2.56. The van der Waals surface area contributed by atoms with Crippen molar-refractivity contribution in [1.29, 1.82) is 0 Å². The molecule has 1 aliphatic heterocycles.